The van der Waals surface area contributed by atoms with Crippen molar-refractivity contribution in [3.8, 4) is 5.69 Å². The maximum absolute atomic E-state index is 5.90. The summed E-state index contributed by atoms with van der Waals surface area (Å²) < 4.78 is 7.67. The Morgan fingerprint density at radius 1 is 1.35 bits per heavy atom. The fraction of sp³-hybridized carbons (Fsp3) is 0.400. The number of aromatic nitrogens is 2. The summed E-state index contributed by atoms with van der Waals surface area (Å²) in [5, 5.41) is 8.74. The molecule has 1 aromatic carbocycles. The molecule has 0 spiro atoms. The molecule has 1 aromatic heterocycles. The zero-order valence-corrected chi connectivity index (χ0v) is 12.2. The van der Waals surface area contributed by atoms with E-state index in [4.69, 9.17) is 16.3 Å². The lowest BCUT2D eigenvalue weighted by atomic mass is 10.0. The minimum Gasteiger partial charge on any atom is -0.375 e. The first-order valence-corrected chi connectivity index (χ1v) is 7.25. The van der Waals surface area contributed by atoms with Crippen LogP contribution in [0.3, 0.4) is 0 Å². The molecule has 0 radical (unpaired) electrons. The molecule has 0 aliphatic carbocycles. The maximum atomic E-state index is 5.90. The van der Waals surface area contributed by atoms with Crippen LogP contribution in [0.25, 0.3) is 5.69 Å². The topological polar surface area (TPSA) is 39.1 Å². The Kier molecular flexibility index (Phi) is 4.05. The highest BCUT2D eigenvalue weighted by Gasteiger charge is 2.23. The van der Waals surface area contributed by atoms with Crippen molar-refractivity contribution < 1.29 is 4.74 Å². The predicted octanol–water partition coefficient (Wildman–Crippen LogP) is 2.62. The average Bonchev–Trinajstić information content (AvgIpc) is 2.98. The summed E-state index contributed by atoms with van der Waals surface area (Å²) in [4.78, 5) is 0. The fourth-order valence-electron chi connectivity index (χ4n) is 2.42. The third-order valence-electron chi connectivity index (χ3n) is 3.68. The van der Waals surface area contributed by atoms with E-state index in [1.54, 1.807) is 0 Å². The largest absolute Gasteiger partial charge is 0.375 e. The lowest BCUT2D eigenvalue weighted by molar-refractivity contribution is 0.0138. The third-order valence-corrected chi connectivity index (χ3v) is 3.93. The Bertz CT molecular complexity index is 561. The van der Waals surface area contributed by atoms with Crippen molar-refractivity contribution in [1.29, 1.82) is 0 Å². The molecule has 106 valence electrons. The number of halogens is 1. The van der Waals surface area contributed by atoms with Crippen molar-refractivity contribution in [2.75, 3.05) is 19.7 Å². The normalized spacial score (nSPS) is 20.8. The van der Waals surface area contributed by atoms with Crippen LogP contribution in [0, 0.1) is 0 Å². The van der Waals surface area contributed by atoms with E-state index in [2.05, 4.69) is 23.4 Å². The molecule has 1 saturated heterocycles. The lowest BCUT2D eigenvalue weighted by Crippen LogP contribution is -2.41. The Morgan fingerprint density at radius 3 is 2.85 bits per heavy atom. The summed E-state index contributed by atoms with van der Waals surface area (Å²) in [6.07, 6.45) is 2.17. The van der Waals surface area contributed by atoms with Crippen LogP contribution in [-0.4, -0.2) is 35.6 Å². The van der Waals surface area contributed by atoms with Gasteiger partial charge in [-0.15, -0.1) is 0 Å². The van der Waals surface area contributed by atoms with E-state index in [-0.39, 0.29) is 12.0 Å². The van der Waals surface area contributed by atoms with Crippen LogP contribution >= 0.6 is 11.6 Å². The number of hydrogen-bond donors (Lipinski definition) is 1. The minimum atomic E-state index is 0.192. The van der Waals surface area contributed by atoms with Gasteiger partial charge in [-0.1, -0.05) is 18.5 Å². The van der Waals surface area contributed by atoms with Crippen LogP contribution in [0.1, 0.15) is 18.5 Å². The number of hydrogen-bond acceptors (Lipinski definition) is 3. The molecule has 2 atom stereocenters. The number of rotatable bonds is 3. The van der Waals surface area contributed by atoms with Gasteiger partial charge in [-0.2, -0.15) is 5.10 Å². The van der Waals surface area contributed by atoms with Crippen LogP contribution in [0.4, 0.5) is 0 Å². The molecule has 0 saturated carbocycles. The summed E-state index contributed by atoms with van der Waals surface area (Å²) in [6, 6.07) is 9.72. The molecule has 20 heavy (non-hydrogen) atoms. The van der Waals surface area contributed by atoms with Crippen LogP contribution in [0.15, 0.2) is 36.5 Å². The highest BCUT2D eigenvalue weighted by molar-refractivity contribution is 6.30. The quantitative estimate of drug-likeness (QED) is 0.945. The molecule has 2 heterocycles. The molecule has 4 nitrogen and oxygen atoms in total. The van der Waals surface area contributed by atoms with Gasteiger partial charge in [-0.25, -0.2) is 4.68 Å². The summed E-state index contributed by atoms with van der Waals surface area (Å²) in [5.74, 6) is 0.274. The molecule has 0 amide bonds. The SMILES string of the molecule is CC(c1ccn(-c2ccc(Cl)cc2)n1)C1CNCCO1. The van der Waals surface area contributed by atoms with Gasteiger partial charge in [0.05, 0.1) is 24.1 Å². The van der Waals surface area contributed by atoms with Crippen molar-refractivity contribution in [2.45, 2.75) is 18.9 Å². The standard InChI is InChI=1S/C15H18ClN3O/c1-11(15-10-17-7-9-20-15)14-6-8-19(18-14)13-4-2-12(16)3-5-13/h2-6,8,11,15,17H,7,9-10H2,1H3. The molecule has 0 bridgehead atoms. The van der Waals surface area contributed by atoms with Crippen molar-refractivity contribution in [2.24, 2.45) is 0 Å². The maximum Gasteiger partial charge on any atom is 0.0781 e. The van der Waals surface area contributed by atoms with E-state index >= 15 is 0 Å². The Labute approximate surface area is 123 Å². The molecule has 1 aliphatic rings. The van der Waals surface area contributed by atoms with E-state index in [0.717, 1.165) is 36.1 Å². The van der Waals surface area contributed by atoms with E-state index in [0.29, 0.717) is 0 Å². The molecular formula is C15H18ClN3O. The zero-order chi connectivity index (χ0) is 13.9. The predicted molar refractivity (Wildman–Crippen MR) is 79.6 cm³/mol. The van der Waals surface area contributed by atoms with Crippen molar-refractivity contribution in [3.63, 3.8) is 0 Å². The first-order chi connectivity index (χ1) is 9.74. The van der Waals surface area contributed by atoms with Gasteiger partial charge in [0, 0.05) is 30.2 Å². The van der Waals surface area contributed by atoms with Crippen molar-refractivity contribution in [1.82, 2.24) is 15.1 Å². The zero-order valence-electron chi connectivity index (χ0n) is 11.4. The van der Waals surface area contributed by atoms with Gasteiger partial charge in [-0.05, 0) is 30.3 Å². The van der Waals surface area contributed by atoms with E-state index in [9.17, 15) is 0 Å². The van der Waals surface area contributed by atoms with Gasteiger partial charge in [0.2, 0.25) is 0 Å². The molecule has 2 unspecified atom stereocenters. The lowest BCUT2D eigenvalue weighted by Gasteiger charge is -2.27. The average molecular weight is 292 g/mol. The number of nitrogens with one attached hydrogen (secondary N) is 1. The Hall–Kier alpha value is -1.36. The van der Waals surface area contributed by atoms with Crippen LogP contribution in [0.5, 0.6) is 0 Å². The number of benzene rings is 1. The van der Waals surface area contributed by atoms with Crippen molar-refractivity contribution >= 4 is 11.6 Å². The summed E-state index contributed by atoms with van der Waals surface area (Å²) in [5.41, 5.74) is 2.06. The molecule has 1 aliphatic heterocycles. The van der Waals surface area contributed by atoms with Crippen LogP contribution in [-0.2, 0) is 4.74 Å². The van der Waals surface area contributed by atoms with E-state index in [1.165, 1.54) is 0 Å². The molecule has 1 fully saturated rings. The molecule has 5 heteroatoms. The monoisotopic (exact) mass is 291 g/mol. The van der Waals surface area contributed by atoms with Gasteiger partial charge in [0.15, 0.2) is 0 Å². The minimum absolute atomic E-state index is 0.192. The van der Waals surface area contributed by atoms with Gasteiger partial charge in [-0.3, -0.25) is 0 Å². The van der Waals surface area contributed by atoms with Gasteiger partial charge < -0.3 is 10.1 Å². The fourth-order valence-corrected chi connectivity index (χ4v) is 2.54. The number of morpholine rings is 1. The summed E-state index contributed by atoms with van der Waals surface area (Å²) in [6.45, 7) is 4.75. The summed E-state index contributed by atoms with van der Waals surface area (Å²) in [7, 11) is 0. The first-order valence-electron chi connectivity index (χ1n) is 6.88. The first kappa shape index (κ1) is 13.6. The van der Waals surface area contributed by atoms with Crippen molar-refractivity contribution in [3.05, 3.63) is 47.2 Å². The van der Waals surface area contributed by atoms with Gasteiger partial charge >= 0.3 is 0 Å². The number of ether oxygens (including phenoxy) is 1. The highest BCUT2D eigenvalue weighted by Crippen LogP contribution is 2.22. The van der Waals surface area contributed by atoms with E-state index < -0.39 is 0 Å². The molecular weight excluding hydrogens is 274 g/mol. The van der Waals surface area contributed by atoms with Gasteiger partial charge in [0.25, 0.3) is 0 Å². The third kappa shape index (κ3) is 2.87. The molecule has 2 aromatic rings. The second kappa shape index (κ2) is 5.95. The van der Waals surface area contributed by atoms with Gasteiger partial charge in [0.1, 0.15) is 0 Å². The molecule has 3 rings (SSSR count). The Balaban J connectivity index is 1.77. The second-order valence-electron chi connectivity index (χ2n) is 5.06. The molecule has 1 N–H and O–H groups in total. The Morgan fingerprint density at radius 2 is 2.15 bits per heavy atom. The van der Waals surface area contributed by atoms with Crippen LogP contribution < -0.4 is 5.32 Å². The second-order valence-corrected chi connectivity index (χ2v) is 5.50. The van der Waals surface area contributed by atoms with E-state index in [1.807, 2.05) is 35.1 Å². The van der Waals surface area contributed by atoms with Crippen LogP contribution in [0.2, 0.25) is 5.02 Å². The number of nitrogens with zero attached hydrogens (tertiary/aromatic N) is 2. The smallest absolute Gasteiger partial charge is 0.0781 e. The summed E-state index contributed by atoms with van der Waals surface area (Å²) >= 11 is 5.90. The highest BCUT2D eigenvalue weighted by atomic mass is 35.5.